The first-order chi connectivity index (χ1) is 12.9. The van der Waals surface area contributed by atoms with E-state index in [9.17, 15) is 24.8 Å². The lowest BCUT2D eigenvalue weighted by atomic mass is 9.84. The Morgan fingerprint density at radius 3 is 2.52 bits per heavy atom. The minimum Gasteiger partial charge on any atom is -0.493 e. The maximum absolute atomic E-state index is 13.2. The van der Waals surface area contributed by atoms with Gasteiger partial charge >= 0.3 is 11.7 Å². The molecule has 3 rings (SSSR count). The SMILES string of the molecule is COc1cc(C(=O)N2C(C(=O)O)CC3CCCCC32)cc([N+](=O)[O-])c1OC. The zero-order valence-electron chi connectivity index (χ0n) is 15.2. The number of carboxylic acids is 1. The molecule has 9 nitrogen and oxygen atoms in total. The van der Waals surface area contributed by atoms with Crippen LogP contribution >= 0.6 is 0 Å². The fourth-order valence-electron chi connectivity index (χ4n) is 4.33. The largest absolute Gasteiger partial charge is 0.493 e. The zero-order valence-corrected chi connectivity index (χ0v) is 15.2. The average molecular weight is 378 g/mol. The van der Waals surface area contributed by atoms with E-state index in [1.165, 1.54) is 25.2 Å². The van der Waals surface area contributed by atoms with Crippen molar-refractivity contribution in [3.05, 3.63) is 27.8 Å². The average Bonchev–Trinajstić information content (AvgIpc) is 3.06. The topological polar surface area (TPSA) is 119 Å². The van der Waals surface area contributed by atoms with Gasteiger partial charge in [-0.1, -0.05) is 12.8 Å². The summed E-state index contributed by atoms with van der Waals surface area (Å²) in [4.78, 5) is 37.1. The van der Waals surface area contributed by atoms with Crippen molar-refractivity contribution in [1.29, 1.82) is 0 Å². The fourth-order valence-corrected chi connectivity index (χ4v) is 4.33. The fraction of sp³-hybridized carbons (Fsp3) is 0.556. The van der Waals surface area contributed by atoms with Crippen LogP contribution < -0.4 is 9.47 Å². The van der Waals surface area contributed by atoms with Crippen LogP contribution in [0.25, 0.3) is 0 Å². The number of carbonyl (C=O) groups is 2. The van der Waals surface area contributed by atoms with Crippen LogP contribution in [0.5, 0.6) is 11.5 Å². The van der Waals surface area contributed by atoms with E-state index in [2.05, 4.69) is 0 Å². The van der Waals surface area contributed by atoms with E-state index in [1.807, 2.05) is 0 Å². The first-order valence-electron chi connectivity index (χ1n) is 8.85. The number of methoxy groups -OCH3 is 2. The number of ether oxygens (including phenoxy) is 2. The summed E-state index contributed by atoms with van der Waals surface area (Å²) in [6.45, 7) is 0. The molecule has 1 saturated carbocycles. The Labute approximate surface area is 156 Å². The molecule has 3 unspecified atom stereocenters. The second-order valence-electron chi connectivity index (χ2n) is 6.90. The third-order valence-corrected chi connectivity index (χ3v) is 5.51. The van der Waals surface area contributed by atoms with Gasteiger partial charge in [-0.3, -0.25) is 14.9 Å². The van der Waals surface area contributed by atoms with Crippen molar-refractivity contribution >= 4 is 17.6 Å². The molecule has 0 aromatic heterocycles. The number of hydrogen-bond donors (Lipinski definition) is 1. The molecule has 0 spiro atoms. The van der Waals surface area contributed by atoms with Crippen LogP contribution in [0.15, 0.2) is 12.1 Å². The Kier molecular flexibility index (Phi) is 5.20. The van der Waals surface area contributed by atoms with Crippen molar-refractivity contribution in [3.8, 4) is 11.5 Å². The summed E-state index contributed by atoms with van der Waals surface area (Å²) in [6, 6.07) is 1.42. The highest BCUT2D eigenvalue weighted by atomic mass is 16.6. The standard InChI is InChI=1S/C18H22N2O7/c1-26-15-9-11(8-13(20(24)25)16(15)27-2)17(21)19-12-6-4-3-5-10(12)7-14(19)18(22)23/h8-10,12,14H,3-7H2,1-2H3,(H,22,23). The molecule has 0 bridgehead atoms. The molecule has 1 amide bonds. The summed E-state index contributed by atoms with van der Waals surface area (Å²) in [5.41, 5.74) is -0.372. The summed E-state index contributed by atoms with van der Waals surface area (Å²) in [7, 11) is 2.60. The van der Waals surface area contributed by atoms with Gasteiger partial charge in [0.2, 0.25) is 5.75 Å². The molecule has 1 N–H and O–H groups in total. The monoisotopic (exact) mass is 378 g/mol. The molecule has 0 radical (unpaired) electrons. The van der Waals surface area contributed by atoms with Crippen molar-refractivity contribution in [2.45, 2.75) is 44.2 Å². The highest BCUT2D eigenvalue weighted by Crippen LogP contribution is 2.42. The molecule has 1 aromatic rings. The van der Waals surface area contributed by atoms with Crippen LogP contribution in [0.1, 0.15) is 42.5 Å². The molecule has 2 aliphatic rings. The number of aliphatic carboxylic acids is 1. The molecule has 1 aliphatic carbocycles. The number of benzene rings is 1. The van der Waals surface area contributed by atoms with Gasteiger partial charge in [0.25, 0.3) is 5.91 Å². The zero-order chi connectivity index (χ0) is 19.7. The summed E-state index contributed by atoms with van der Waals surface area (Å²) in [5.74, 6) is -1.44. The quantitative estimate of drug-likeness (QED) is 0.617. The highest BCUT2D eigenvalue weighted by molar-refractivity contribution is 5.98. The number of likely N-dealkylation sites (tertiary alicyclic amines) is 1. The maximum Gasteiger partial charge on any atom is 0.326 e. The van der Waals surface area contributed by atoms with Gasteiger partial charge in [0.1, 0.15) is 6.04 Å². The van der Waals surface area contributed by atoms with E-state index in [0.29, 0.717) is 6.42 Å². The van der Waals surface area contributed by atoms with E-state index in [-0.39, 0.29) is 29.0 Å². The molecule has 1 aromatic carbocycles. The minimum atomic E-state index is -1.05. The number of carbonyl (C=O) groups excluding carboxylic acids is 1. The van der Waals surface area contributed by atoms with Gasteiger partial charge in [0, 0.05) is 12.1 Å². The van der Waals surface area contributed by atoms with E-state index in [1.54, 1.807) is 0 Å². The molecule has 146 valence electrons. The van der Waals surface area contributed by atoms with Crippen molar-refractivity contribution in [2.24, 2.45) is 5.92 Å². The van der Waals surface area contributed by atoms with Crippen LogP contribution in [0.3, 0.4) is 0 Å². The molecule has 9 heteroatoms. The number of nitro benzene ring substituents is 1. The number of carboxylic acid groups (broad SMARTS) is 1. The van der Waals surface area contributed by atoms with Crippen LogP contribution in [-0.2, 0) is 4.79 Å². The first kappa shape index (κ1) is 18.9. The van der Waals surface area contributed by atoms with E-state index in [0.717, 1.165) is 31.7 Å². The van der Waals surface area contributed by atoms with Gasteiger partial charge in [-0.2, -0.15) is 0 Å². The number of hydrogen-bond acceptors (Lipinski definition) is 6. The highest BCUT2D eigenvalue weighted by Gasteiger charge is 2.48. The van der Waals surface area contributed by atoms with Crippen molar-refractivity contribution in [1.82, 2.24) is 4.90 Å². The number of nitrogens with zero attached hydrogens (tertiary/aromatic N) is 2. The molecule has 1 heterocycles. The van der Waals surface area contributed by atoms with Gasteiger partial charge in [-0.25, -0.2) is 4.79 Å². The van der Waals surface area contributed by atoms with Crippen LogP contribution in [0, 0.1) is 16.0 Å². The summed E-state index contributed by atoms with van der Waals surface area (Å²) < 4.78 is 10.2. The summed E-state index contributed by atoms with van der Waals surface area (Å²) in [5, 5.41) is 21.0. The smallest absolute Gasteiger partial charge is 0.326 e. The molecule has 1 aliphatic heterocycles. The predicted molar refractivity (Wildman–Crippen MR) is 94.2 cm³/mol. The maximum atomic E-state index is 13.2. The normalized spacial score (nSPS) is 24.2. The molecule has 1 saturated heterocycles. The first-order valence-corrected chi connectivity index (χ1v) is 8.85. The van der Waals surface area contributed by atoms with E-state index in [4.69, 9.17) is 9.47 Å². The number of fused-ring (bicyclic) bond motifs is 1. The Hall–Kier alpha value is -2.84. The third kappa shape index (κ3) is 3.29. The molecule has 3 atom stereocenters. The Morgan fingerprint density at radius 1 is 1.22 bits per heavy atom. The molecular weight excluding hydrogens is 356 g/mol. The van der Waals surface area contributed by atoms with Gasteiger partial charge in [0.15, 0.2) is 5.75 Å². The number of amides is 1. The predicted octanol–water partition coefficient (Wildman–Crippen LogP) is 2.47. The van der Waals surface area contributed by atoms with Crippen molar-refractivity contribution in [2.75, 3.05) is 14.2 Å². The van der Waals surface area contributed by atoms with E-state index < -0.39 is 28.5 Å². The third-order valence-electron chi connectivity index (χ3n) is 5.51. The number of nitro groups is 1. The van der Waals surface area contributed by atoms with Crippen LogP contribution in [0.2, 0.25) is 0 Å². The Balaban J connectivity index is 2.04. The lowest BCUT2D eigenvalue weighted by molar-refractivity contribution is -0.385. The minimum absolute atomic E-state index is 0.0248. The van der Waals surface area contributed by atoms with Gasteiger partial charge < -0.3 is 19.5 Å². The Bertz CT molecular complexity index is 779. The lowest BCUT2D eigenvalue weighted by Crippen LogP contribution is -2.46. The van der Waals surface area contributed by atoms with Gasteiger partial charge in [-0.05, 0) is 31.2 Å². The summed E-state index contributed by atoms with van der Waals surface area (Å²) in [6.07, 6.45) is 4.02. The van der Waals surface area contributed by atoms with Gasteiger partial charge in [-0.15, -0.1) is 0 Å². The number of rotatable bonds is 5. The van der Waals surface area contributed by atoms with Crippen LogP contribution in [0.4, 0.5) is 5.69 Å². The van der Waals surface area contributed by atoms with Crippen molar-refractivity contribution < 1.29 is 29.1 Å². The Morgan fingerprint density at radius 2 is 1.93 bits per heavy atom. The van der Waals surface area contributed by atoms with E-state index >= 15 is 0 Å². The second-order valence-corrected chi connectivity index (χ2v) is 6.90. The summed E-state index contributed by atoms with van der Waals surface area (Å²) >= 11 is 0. The van der Waals surface area contributed by atoms with Crippen molar-refractivity contribution in [3.63, 3.8) is 0 Å². The molecule has 27 heavy (non-hydrogen) atoms. The second kappa shape index (κ2) is 7.42. The van der Waals surface area contributed by atoms with Gasteiger partial charge in [0.05, 0.1) is 24.7 Å². The molecular formula is C18H22N2O7. The lowest BCUT2D eigenvalue weighted by Gasteiger charge is -2.33. The molecule has 2 fully saturated rings. The van der Waals surface area contributed by atoms with Crippen LogP contribution in [-0.4, -0.2) is 53.1 Å².